The topological polar surface area (TPSA) is 94.8 Å². The van der Waals surface area contributed by atoms with Gasteiger partial charge in [-0.3, -0.25) is 4.55 Å². The zero-order valence-electron chi connectivity index (χ0n) is 15.6. The van der Waals surface area contributed by atoms with Crippen molar-refractivity contribution in [3.05, 3.63) is 89.0 Å². The van der Waals surface area contributed by atoms with E-state index in [1.54, 1.807) is 6.92 Å². The fourth-order valence-electron chi connectivity index (χ4n) is 3.40. The van der Waals surface area contributed by atoms with E-state index in [0.717, 1.165) is 23.3 Å². The third kappa shape index (κ3) is 3.88. The second-order valence-electron chi connectivity index (χ2n) is 6.84. The number of phenols is 2. The predicted octanol–water partition coefficient (Wildman–Crippen LogP) is 4.65. The molecular formula is C22H22O5S. The summed E-state index contributed by atoms with van der Waals surface area (Å²) in [5.74, 6) is -1.37. The number of rotatable bonds is 5. The van der Waals surface area contributed by atoms with Crippen molar-refractivity contribution in [3.63, 3.8) is 0 Å². The molecule has 0 bridgehead atoms. The van der Waals surface area contributed by atoms with Gasteiger partial charge in [0.2, 0.25) is 0 Å². The first-order chi connectivity index (χ1) is 13.2. The highest BCUT2D eigenvalue weighted by atomic mass is 32.2. The molecule has 2 unspecified atom stereocenters. The average Bonchev–Trinajstić information content (AvgIpc) is 2.69. The van der Waals surface area contributed by atoms with Crippen molar-refractivity contribution in [3.8, 4) is 11.5 Å². The molecular weight excluding hydrogens is 376 g/mol. The van der Waals surface area contributed by atoms with Gasteiger partial charge in [0.25, 0.3) is 10.1 Å². The lowest BCUT2D eigenvalue weighted by Gasteiger charge is -2.19. The molecule has 6 heteroatoms. The molecule has 3 aromatic carbocycles. The molecule has 0 spiro atoms. The SMILES string of the molecule is CC(c1ccccc1)c1ccc(C(C)c2c(S(=O)(=O)O)ccc(O)c2O)cc1. The predicted molar refractivity (Wildman–Crippen MR) is 108 cm³/mol. The number of benzene rings is 3. The van der Waals surface area contributed by atoms with Crippen molar-refractivity contribution in [2.45, 2.75) is 30.6 Å². The minimum atomic E-state index is -4.55. The molecule has 0 heterocycles. The second kappa shape index (κ2) is 7.66. The van der Waals surface area contributed by atoms with Gasteiger partial charge in [-0.15, -0.1) is 0 Å². The van der Waals surface area contributed by atoms with Crippen LogP contribution in [0, 0.1) is 0 Å². The molecule has 0 aliphatic rings. The van der Waals surface area contributed by atoms with E-state index < -0.39 is 32.4 Å². The fraction of sp³-hybridized carbons (Fsp3) is 0.182. The van der Waals surface area contributed by atoms with Gasteiger partial charge >= 0.3 is 0 Å². The van der Waals surface area contributed by atoms with E-state index in [2.05, 4.69) is 19.1 Å². The average molecular weight is 398 g/mol. The Balaban J connectivity index is 1.99. The van der Waals surface area contributed by atoms with Crippen molar-refractivity contribution < 1.29 is 23.2 Å². The van der Waals surface area contributed by atoms with Crippen LogP contribution in [0.5, 0.6) is 11.5 Å². The Hall–Kier alpha value is -2.83. The Morgan fingerprint density at radius 2 is 1.21 bits per heavy atom. The molecule has 146 valence electrons. The molecule has 5 nitrogen and oxygen atoms in total. The van der Waals surface area contributed by atoms with Gasteiger partial charge in [0.1, 0.15) is 4.90 Å². The highest BCUT2D eigenvalue weighted by Gasteiger charge is 2.26. The minimum Gasteiger partial charge on any atom is -0.504 e. The maximum atomic E-state index is 11.7. The Morgan fingerprint density at radius 1 is 0.714 bits per heavy atom. The van der Waals surface area contributed by atoms with E-state index in [1.165, 1.54) is 5.56 Å². The summed E-state index contributed by atoms with van der Waals surface area (Å²) in [5.41, 5.74) is 2.99. The quantitative estimate of drug-likeness (QED) is 0.430. The third-order valence-corrected chi connectivity index (χ3v) is 6.01. The van der Waals surface area contributed by atoms with E-state index in [9.17, 15) is 23.2 Å². The summed E-state index contributed by atoms with van der Waals surface area (Å²) in [6.45, 7) is 3.81. The van der Waals surface area contributed by atoms with Crippen LogP contribution in [0.4, 0.5) is 0 Å². The normalized spacial score (nSPS) is 13.8. The molecule has 3 N–H and O–H groups in total. The van der Waals surface area contributed by atoms with Gasteiger partial charge in [0, 0.05) is 17.4 Å². The maximum absolute atomic E-state index is 11.7. The van der Waals surface area contributed by atoms with Crippen LogP contribution >= 0.6 is 0 Å². The zero-order chi connectivity index (χ0) is 20.5. The summed E-state index contributed by atoms with van der Waals surface area (Å²) < 4.78 is 32.9. The first-order valence-electron chi connectivity index (χ1n) is 8.87. The Bertz CT molecular complexity index is 1070. The number of hydrogen-bond acceptors (Lipinski definition) is 4. The Kier molecular flexibility index (Phi) is 5.45. The summed E-state index contributed by atoms with van der Waals surface area (Å²) in [6, 6.07) is 19.8. The molecule has 0 saturated heterocycles. The van der Waals surface area contributed by atoms with Gasteiger partial charge < -0.3 is 10.2 Å². The Labute approximate surface area is 164 Å². The van der Waals surface area contributed by atoms with Gasteiger partial charge in [-0.25, -0.2) is 0 Å². The molecule has 0 aliphatic heterocycles. The lowest BCUT2D eigenvalue weighted by molar-refractivity contribution is 0.395. The van der Waals surface area contributed by atoms with Crippen LogP contribution in [0.3, 0.4) is 0 Å². The molecule has 0 fully saturated rings. The molecule has 2 atom stereocenters. The Morgan fingerprint density at radius 3 is 1.75 bits per heavy atom. The van der Waals surface area contributed by atoms with Gasteiger partial charge in [0.05, 0.1) is 0 Å². The van der Waals surface area contributed by atoms with Crippen molar-refractivity contribution in [1.29, 1.82) is 0 Å². The van der Waals surface area contributed by atoms with Gasteiger partial charge in [-0.2, -0.15) is 8.42 Å². The van der Waals surface area contributed by atoms with Crippen LogP contribution in [0.25, 0.3) is 0 Å². The van der Waals surface area contributed by atoms with E-state index in [0.29, 0.717) is 0 Å². The largest absolute Gasteiger partial charge is 0.504 e. The smallest absolute Gasteiger partial charge is 0.294 e. The minimum absolute atomic E-state index is 0.0358. The first kappa shape index (κ1) is 19.9. The number of phenolic OH excluding ortho intramolecular Hbond substituents is 2. The van der Waals surface area contributed by atoms with E-state index >= 15 is 0 Å². The van der Waals surface area contributed by atoms with E-state index in [-0.39, 0.29) is 11.5 Å². The molecule has 0 saturated carbocycles. The number of aromatic hydroxyl groups is 2. The molecule has 0 amide bonds. The van der Waals surface area contributed by atoms with Crippen molar-refractivity contribution in [1.82, 2.24) is 0 Å². The van der Waals surface area contributed by atoms with Gasteiger partial charge in [-0.1, -0.05) is 68.4 Å². The van der Waals surface area contributed by atoms with Gasteiger partial charge in [-0.05, 0) is 28.8 Å². The zero-order valence-corrected chi connectivity index (χ0v) is 16.4. The van der Waals surface area contributed by atoms with E-state index in [4.69, 9.17) is 0 Å². The molecule has 0 aromatic heterocycles. The summed E-state index contributed by atoms with van der Waals surface area (Å²) >= 11 is 0. The van der Waals surface area contributed by atoms with Crippen LogP contribution in [-0.2, 0) is 10.1 Å². The standard InChI is InChI=1S/C22H22O5S/c1-14(16-6-4-3-5-7-16)17-8-10-18(11-9-17)15(2)21-20(28(25,26)27)13-12-19(23)22(21)24/h3-15,23-24H,1-2H3,(H,25,26,27). The van der Waals surface area contributed by atoms with Crippen molar-refractivity contribution in [2.75, 3.05) is 0 Å². The molecule has 28 heavy (non-hydrogen) atoms. The summed E-state index contributed by atoms with van der Waals surface area (Å²) in [6.07, 6.45) is 0. The first-order valence-corrected chi connectivity index (χ1v) is 10.3. The molecule has 0 aliphatic carbocycles. The maximum Gasteiger partial charge on any atom is 0.294 e. The van der Waals surface area contributed by atoms with Crippen molar-refractivity contribution >= 4 is 10.1 Å². The summed E-state index contributed by atoms with van der Waals surface area (Å²) in [5, 5.41) is 20.0. The van der Waals surface area contributed by atoms with Crippen LogP contribution in [0.15, 0.2) is 71.6 Å². The van der Waals surface area contributed by atoms with E-state index in [1.807, 2.05) is 42.5 Å². The van der Waals surface area contributed by atoms with Crippen LogP contribution in [-0.4, -0.2) is 23.2 Å². The highest BCUT2D eigenvalue weighted by Crippen LogP contribution is 2.41. The fourth-order valence-corrected chi connectivity index (χ4v) is 4.19. The molecule has 0 radical (unpaired) electrons. The number of hydrogen-bond donors (Lipinski definition) is 3. The lowest BCUT2D eigenvalue weighted by atomic mass is 9.88. The van der Waals surface area contributed by atoms with Crippen LogP contribution in [0.2, 0.25) is 0 Å². The summed E-state index contributed by atoms with van der Waals surface area (Å²) in [4.78, 5) is -0.419. The monoisotopic (exact) mass is 398 g/mol. The lowest BCUT2D eigenvalue weighted by Crippen LogP contribution is -2.07. The van der Waals surface area contributed by atoms with Gasteiger partial charge in [0.15, 0.2) is 11.5 Å². The van der Waals surface area contributed by atoms with Crippen LogP contribution < -0.4 is 0 Å². The summed E-state index contributed by atoms with van der Waals surface area (Å²) in [7, 11) is -4.55. The second-order valence-corrected chi connectivity index (χ2v) is 8.23. The molecule has 3 aromatic rings. The third-order valence-electron chi connectivity index (χ3n) is 5.10. The van der Waals surface area contributed by atoms with Crippen molar-refractivity contribution in [2.24, 2.45) is 0 Å². The molecule has 3 rings (SSSR count). The highest BCUT2D eigenvalue weighted by molar-refractivity contribution is 7.85. The van der Waals surface area contributed by atoms with Crippen LogP contribution in [0.1, 0.15) is 47.9 Å².